The van der Waals surface area contributed by atoms with Gasteiger partial charge in [-0.1, -0.05) is 58.0 Å². The lowest BCUT2D eigenvalue weighted by Crippen LogP contribution is -2.05. The smallest absolute Gasteiger partial charge is 0.163 e. The molecule has 0 aliphatic carbocycles. The summed E-state index contributed by atoms with van der Waals surface area (Å²) in [5, 5.41) is 0. The summed E-state index contributed by atoms with van der Waals surface area (Å²) in [6.07, 6.45) is 1.36. The maximum atomic E-state index is 12.6. The van der Waals surface area contributed by atoms with Crippen LogP contribution in [0, 0.1) is 6.07 Å². The van der Waals surface area contributed by atoms with Gasteiger partial charge in [0.25, 0.3) is 0 Å². The fourth-order valence-corrected chi connectivity index (χ4v) is 2.45. The molecule has 0 aliphatic heterocycles. The molecule has 2 aromatic rings. The molecule has 1 heteroatoms. The van der Waals surface area contributed by atoms with Crippen molar-refractivity contribution in [2.75, 3.05) is 0 Å². The van der Waals surface area contributed by atoms with E-state index in [0.717, 1.165) is 23.1 Å². The SMILES string of the molecule is CC(C)c1[c]c(C(C)C)cc(C(=O)CCc2ccccc2)c1. The Morgan fingerprint density at radius 2 is 1.50 bits per heavy atom. The number of hydrogen-bond donors (Lipinski definition) is 0. The number of carbonyl (C=O) groups excluding carboxylic acids is 1. The van der Waals surface area contributed by atoms with Gasteiger partial charge in [0, 0.05) is 12.0 Å². The lowest BCUT2D eigenvalue weighted by molar-refractivity contribution is 0.0982. The van der Waals surface area contributed by atoms with Gasteiger partial charge in [-0.05, 0) is 53.1 Å². The lowest BCUT2D eigenvalue weighted by atomic mass is 9.91. The van der Waals surface area contributed by atoms with Gasteiger partial charge in [0.05, 0.1) is 0 Å². The van der Waals surface area contributed by atoms with Crippen LogP contribution in [0.25, 0.3) is 0 Å². The van der Waals surface area contributed by atoms with Crippen LogP contribution in [0.3, 0.4) is 0 Å². The molecule has 115 valence electrons. The molecule has 0 atom stereocenters. The quantitative estimate of drug-likeness (QED) is 0.638. The Balaban J connectivity index is 2.17. The highest BCUT2D eigenvalue weighted by Gasteiger charge is 2.12. The first-order valence-corrected chi connectivity index (χ1v) is 8.11. The van der Waals surface area contributed by atoms with Crippen LogP contribution >= 0.6 is 0 Å². The highest BCUT2D eigenvalue weighted by molar-refractivity contribution is 5.96. The molecule has 1 nitrogen and oxygen atoms in total. The Bertz CT molecular complexity index is 597. The fourth-order valence-electron chi connectivity index (χ4n) is 2.45. The van der Waals surface area contributed by atoms with Gasteiger partial charge in [-0.25, -0.2) is 0 Å². The summed E-state index contributed by atoms with van der Waals surface area (Å²) in [5.74, 6) is 1.00. The monoisotopic (exact) mass is 293 g/mol. The Morgan fingerprint density at radius 3 is 2.00 bits per heavy atom. The van der Waals surface area contributed by atoms with E-state index in [9.17, 15) is 4.79 Å². The van der Waals surface area contributed by atoms with E-state index in [1.807, 2.05) is 30.3 Å². The molecule has 0 unspecified atom stereocenters. The molecular weight excluding hydrogens is 268 g/mol. The summed E-state index contributed by atoms with van der Waals surface area (Å²) < 4.78 is 0. The summed E-state index contributed by atoms with van der Waals surface area (Å²) in [4.78, 5) is 12.6. The molecule has 0 spiro atoms. The van der Waals surface area contributed by atoms with Gasteiger partial charge in [0.15, 0.2) is 5.78 Å². The highest BCUT2D eigenvalue weighted by Crippen LogP contribution is 2.23. The molecule has 0 aromatic heterocycles. The fraction of sp³-hybridized carbons (Fsp3) is 0.381. The maximum absolute atomic E-state index is 12.6. The van der Waals surface area contributed by atoms with Crippen LogP contribution in [0.2, 0.25) is 0 Å². The van der Waals surface area contributed by atoms with E-state index < -0.39 is 0 Å². The van der Waals surface area contributed by atoms with Crippen LogP contribution in [0.1, 0.15) is 73.0 Å². The zero-order valence-corrected chi connectivity index (χ0v) is 14.0. The van der Waals surface area contributed by atoms with E-state index in [1.165, 1.54) is 5.56 Å². The average Bonchev–Trinajstić information content (AvgIpc) is 2.53. The third-order valence-corrected chi connectivity index (χ3v) is 3.96. The van der Waals surface area contributed by atoms with Crippen molar-refractivity contribution in [1.82, 2.24) is 0 Å². The molecule has 0 aliphatic rings. The zero-order valence-electron chi connectivity index (χ0n) is 14.0. The van der Waals surface area contributed by atoms with Crippen molar-refractivity contribution < 1.29 is 4.79 Å². The van der Waals surface area contributed by atoms with Gasteiger partial charge in [-0.15, -0.1) is 0 Å². The molecule has 0 saturated carbocycles. The van der Waals surface area contributed by atoms with Crippen molar-refractivity contribution in [3.05, 3.63) is 70.8 Å². The molecule has 1 radical (unpaired) electrons. The van der Waals surface area contributed by atoms with E-state index in [4.69, 9.17) is 0 Å². The summed E-state index contributed by atoms with van der Waals surface area (Å²) >= 11 is 0. The minimum atomic E-state index is 0.224. The number of Topliss-reactive ketones (excluding diaryl/α,β-unsaturated/α-hetero) is 1. The first-order chi connectivity index (χ1) is 10.5. The Labute approximate surface area is 134 Å². The summed E-state index contributed by atoms with van der Waals surface area (Å²) in [7, 11) is 0. The van der Waals surface area contributed by atoms with Crippen molar-refractivity contribution in [3.63, 3.8) is 0 Å². The molecule has 0 heterocycles. The van der Waals surface area contributed by atoms with Gasteiger partial charge in [-0.3, -0.25) is 4.79 Å². The lowest BCUT2D eigenvalue weighted by Gasteiger charge is -2.13. The first kappa shape index (κ1) is 16.5. The molecule has 22 heavy (non-hydrogen) atoms. The number of ketones is 1. The van der Waals surface area contributed by atoms with Crippen molar-refractivity contribution >= 4 is 5.78 Å². The van der Waals surface area contributed by atoms with Crippen molar-refractivity contribution in [3.8, 4) is 0 Å². The van der Waals surface area contributed by atoms with Gasteiger partial charge in [-0.2, -0.15) is 0 Å². The van der Waals surface area contributed by atoms with E-state index in [2.05, 4.69) is 45.9 Å². The number of carbonyl (C=O) groups is 1. The number of rotatable bonds is 6. The summed E-state index contributed by atoms with van der Waals surface area (Å²) in [6.45, 7) is 8.59. The van der Waals surface area contributed by atoms with Crippen LogP contribution in [0.5, 0.6) is 0 Å². The van der Waals surface area contributed by atoms with Crippen molar-refractivity contribution in [2.45, 2.75) is 52.4 Å². The van der Waals surface area contributed by atoms with Crippen LogP contribution in [-0.4, -0.2) is 5.78 Å². The van der Waals surface area contributed by atoms with E-state index in [-0.39, 0.29) is 5.78 Å². The standard InChI is InChI=1S/C21H25O/c1-15(2)18-12-19(16(3)4)14-20(13-18)21(22)11-10-17-8-6-5-7-9-17/h5-9,13-16H,10-11H2,1-4H3. The molecule has 0 N–H and O–H groups in total. The number of benzene rings is 2. The molecule has 2 rings (SSSR count). The largest absolute Gasteiger partial charge is 0.294 e. The van der Waals surface area contributed by atoms with Crippen LogP contribution < -0.4 is 0 Å². The molecule has 2 aromatic carbocycles. The van der Waals surface area contributed by atoms with Gasteiger partial charge in [0.1, 0.15) is 0 Å². The predicted molar refractivity (Wildman–Crippen MR) is 92.5 cm³/mol. The average molecular weight is 293 g/mol. The third-order valence-electron chi connectivity index (χ3n) is 3.96. The molecular formula is C21H25O. The third kappa shape index (κ3) is 4.30. The van der Waals surface area contributed by atoms with Crippen molar-refractivity contribution in [1.29, 1.82) is 0 Å². The topological polar surface area (TPSA) is 17.1 Å². The molecule has 0 amide bonds. The number of hydrogen-bond acceptors (Lipinski definition) is 1. The summed E-state index contributed by atoms with van der Waals surface area (Å²) in [6, 6.07) is 17.7. The predicted octanol–water partition coefficient (Wildman–Crippen LogP) is 5.55. The van der Waals surface area contributed by atoms with Crippen molar-refractivity contribution in [2.24, 2.45) is 0 Å². The molecule has 0 bridgehead atoms. The van der Waals surface area contributed by atoms with E-state index >= 15 is 0 Å². The van der Waals surface area contributed by atoms with Crippen LogP contribution in [0.15, 0.2) is 42.5 Å². The van der Waals surface area contributed by atoms with E-state index in [0.29, 0.717) is 18.3 Å². The normalized spacial score (nSPS) is 11.2. The minimum absolute atomic E-state index is 0.224. The van der Waals surface area contributed by atoms with Gasteiger partial charge in [0.2, 0.25) is 0 Å². The second-order valence-electron chi connectivity index (χ2n) is 6.50. The Kier molecular flexibility index (Phi) is 5.54. The minimum Gasteiger partial charge on any atom is -0.294 e. The summed E-state index contributed by atoms with van der Waals surface area (Å²) in [5.41, 5.74) is 4.32. The Morgan fingerprint density at radius 1 is 0.955 bits per heavy atom. The van der Waals surface area contributed by atoms with Crippen LogP contribution in [0.4, 0.5) is 0 Å². The van der Waals surface area contributed by atoms with Gasteiger partial charge >= 0.3 is 0 Å². The second kappa shape index (κ2) is 7.40. The van der Waals surface area contributed by atoms with Crippen LogP contribution in [-0.2, 0) is 6.42 Å². The number of aryl methyl sites for hydroxylation is 1. The zero-order chi connectivity index (χ0) is 16.1. The molecule has 0 fully saturated rings. The first-order valence-electron chi connectivity index (χ1n) is 8.11. The van der Waals surface area contributed by atoms with E-state index in [1.54, 1.807) is 0 Å². The van der Waals surface area contributed by atoms with Gasteiger partial charge < -0.3 is 0 Å². The maximum Gasteiger partial charge on any atom is 0.163 e. The molecule has 0 saturated heterocycles. The Hall–Kier alpha value is -1.89. The highest BCUT2D eigenvalue weighted by atomic mass is 16.1. The second-order valence-corrected chi connectivity index (χ2v) is 6.50.